The van der Waals surface area contributed by atoms with Crippen LogP contribution in [-0.4, -0.2) is 30.5 Å². The Bertz CT molecular complexity index is 618. The molecule has 0 saturated carbocycles. The van der Waals surface area contributed by atoms with Crippen LogP contribution in [0.1, 0.15) is 30.1 Å². The number of benzene rings is 1. The minimum absolute atomic E-state index is 0.0464. The van der Waals surface area contributed by atoms with Gasteiger partial charge in [0.05, 0.1) is 19.4 Å². The number of rotatable bonds is 6. The summed E-state index contributed by atoms with van der Waals surface area (Å²) >= 11 is 0. The first kappa shape index (κ1) is 16.0. The van der Waals surface area contributed by atoms with Crippen LogP contribution < -0.4 is 10.1 Å². The van der Waals surface area contributed by atoms with Crippen LogP contribution in [0.15, 0.2) is 30.6 Å². The van der Waals surface area contributed by atoms with Gasteiger partial charge in [-0.15, -0.1) is 0 Å². The molecule has 1 saturated heterocycles. The summed E-state index contributed by atoms with van der Waals surface area (Å²) in [7, 11) is 1.58. The van der Waals surface area contributed by atoms with Crippen molar-refractivity contribution in [1.29, 1.82) is 0 Å². The zero-order chi connectivity index (χ0) is 16.1. The van der Waals surface area contributed by atoms with Crippen molar-refractivity contribution in [2.75, 3.05) is 20.3 Å². The predicted octanol–water partition coefficient (Wildman–Crippen LogP) is 2.81. The molecule has 2 aromatic rings. The fourth-order valence-corrected chi connectivity index (χ4v) is 3.04. The van der Waals surface area contributed by atoms with Gasteiger partial charge in [0.15, 0.2) is 0 Å². The molecule has 124 valence electrons. The van der Waals surface area contributed by atoms with Gasteiger partial charge in [-0.3, -0.25) is 5.10 Å². The maximum Gasteiger partial charge on any atom is 0.127 e. The molecule has 0 spiro atoms. The van der Waals surface area contributed by atoms with Gasteiger partial charge in [-0.2, -0.15) is 5.10 Å². The molecular formula is C17H22FN3O2. The molecule has 23 heavy (non-hydrogen) atoms. The summed E-state index contributed by atoms with van der Waals surface area (Å²) < 4.78 is 24.9. The van der Waals surface area contributed by atoms with Crippen LogP contribution in [0.2, 0.25) is 0 Å². The number of aromatic amines is 1. The highest BCUT2D eigenvalue weighted by atomic mass is 19.1. The fraction of sp³-hybridized carbons (Fsp3) is 0.471. The number of ether oxygens (including phenoxy) is 2. The molecule has 1 aliphatic rings. The summed E-state index contributed by atoms with van der Waals surface area (Å²) in [5, 5.41) is 10.2. The third-order valence-corrected chi connectivity index (χ3v) is 4.27. The number of hydrogen-bond acceptors (Lipinski definition) is 4. The molecule has 0 aliphatic carbocycles. The lowest BCUT2D eigenvalue weighted by Gasteiger charge is -2.31. The summed E-state index contributed by atoms with van der Waals surface area (Å²) in [4.78, 5) is 0. The molecule has 0 bridgehead atoms. The van der Waals surface area contributed by atoms with E-state index >= 15 is 0 Å². The number of methoxy groups -OCH3 is 1. The van der Waals surface area contributed by atoms with Gasteiger partial charge in [-0.1, -0.05) is 0 Å². The lowest BCUT2D eigenvalue weighted by molar-refractivity contribution is -0.0278. The molecule has 1 aromatic carbocycles. The van der Waals surface area contributed by atoms with Crippen molar-refractivity contribution in [1.82, 2.24) is 15.5 Å². The largest absolute Gasteiger partial charge is 0.497 e. The van der Waals surface area contributed by atoms with Crippen molar-refractivity contribution >= 4 is 0 Å². The van der Waals surface area contributed by atoms with Gasteiger partial charge in [-0.25, -0.2) is 4.39 Å². The lowest BCUT2D eigenvalue weighted by Crippen LogP contribution is -2.31. The van der Waals surface area contributed by atoms with Crippen LogP contribution in [-0.2, 0) is 11.3 Å². The summed E-state index contributed by atoms with van der Waals surface area (Å²) in [6.45, 7) is 2.01. The maximum absolute atomic E-state index is 13.8. The highest BCUT2D eigenvalue weighted by molar-refractivity contribution is 5.29. The minimum atomic E-state index is -0.218. The smallest absolute Gasteiger partial charge is 0.127 e. The molecule has 1 aromatic heterocycles. The Morgan fingerprint density at radius 3 is 3.17 bits per heavy atom. The van der Waals surface area contributed by atoms with E-state index in [-0.39, 0.29) is 11.9 Å². The summed E-state index contributed by atoms with van der Waals surface area (Å²) in [6.07, 6.45) is 5.87. The van der Waals surface area contributed by atoms with Gasteiger partial charge < -0.3 is 14.8 Å². The van der Waals surface area contributed by atoms with Crippen molar-refractivity contribution in [3.8, 4) is 5.75 Å². The van der Waals surface area contributed by atoms with Gasteiger partial charge in [-0.05, 0) is 31.0 Å². The van der Waals surface area contributed by atoms with E-state index in [4.69, 9.17) is 9.47 Å². The predicted molar refractivity (Wildman–Crippen MR) is 84.7 cm³/mol. The molecule has 0 amide bonds. The van der Waals surface area contributed by atoms with E-state index < -0.39 is 0 Å². The normalized spacial score (nSPS) is 21.3. The van der Waals surface area contributed by atoms with E-state index in [0.717, 1.165) is 31.6 Å². The first-order chi connectivity index (χ1) is 11.3. The van der Waals surface area contributed by atoms with E-state index in [0.29, 0.717) is 23.8 Å². The van der Waals surface area contributed by atoms with Crippen LogP contribution in [0.4, 0.5) is 4.39 Å². The molecule has 5 nitrogen and oxygen atoms in total. The van der Waals surface area contributed by atoms with Crippen molar-refractivity contribution < 1.29 is 13.9 Å². The zero-order valence-corrected chi connectivity index (χ0v) is 13.2. The number of nitrogens with zero attached hydrogens (tertiary/aromatic N) is 1. The van der Waals surface area contributed by atoms with E-state index in [1.54, 1.807) is 19.2 Å². The number of H-pyrrole nitrogens is 1. The van der Waals surface area contributed by atoms with Gasteiger partial charge in [0.1, 0.15) is 11.6 Å². The first-order valence-electron chi connectivity index (χ1n) is 7.91. The lowest BCUT2D eigenvalue weighted by atomic mass is 9.91. The summed E-state index contributed by atoms with van der Waals surface area (Å²) in [6, 6.07) is 4.80. The molecule has 3 rings (SSSR count). The number of aromatic nitrogens is 2. The Kier molecular flexibility index (Phi) is 5.25. The molecule has 0 radical (unpaired) electrons. The third kappa shape index (κ3) is 3.89. The Balaban J connectivity index is 1.59. The topological polar surface area (TPSA) is 59.2 Å². The van der Waals surface area contributed by atoms with Crippen LogP contribution >= 0.6 is 0 Å². The monoisotopic (exact) mass is 319 g/mol. The zero-order valence-electron chi connectivity index (χ0n) is 13.2. The van der Waals surface area contributed by atoms with Crippen molar-refractivity contribution in [2.24, 2.45) is 5.92 Å². The highest BCUT2D eigenvalue weighted by Gasteiger charge is 2.27. The molecule has 2 N–H and O–H groups in total. The Labute approximate surface area is 135 Å². The second-order valence-corrected chi connectivity index (χ2v) is 5.81. The average Bonchev–Trinajstić information content (AvgIpc) is 3.11. The van der Waals surface area contributed by atoms with Gasteiger partial charge in [0.25, 0.3) is 0 Å². The van der Waals surface area contributed by atoms with Gasteiger partial charge in [0, 0.05) is 42.9 Å². The molecule has 2 heterocycles. The van der Waals surface area contributed by atoms with Crippen LogP contribution in [0, 0.1) is 11.7 Å². The molecular weight excluding hydrogens is 297 g/mol. The van der Waals surface area contributed by atoms with E-state index in [1.165, 1.54) is 6.07 Å². The number of halogens is 1. The molecule has 1 aliphatic heterocycles. The minimum Gasteiger partial charge on any atom is -0.497 e. The Morgan fingerprint density at radius 2 is 2.39 bits per heavy atom. The van der Waals surface area contributed by atoms with Gasteiger partial charge >= 0.3 is 0 Å². The van der Waals surface area contributed by atoms with E-state index in [9.17, 15) is 4.39 Å². The number of nitrogens with one attached hydrogen (secondary N) is 2. The van der Waals surface area contributed by atoms with E-state index in [2.05, 4.69) is 15.5 Å². The van der Waals surface area contributed by atoms with Crippen LogP contribution in [0.5, 0.6) is 5.75 Å². The Hall–Kier alpha value is -1.92. The molecule has 2 atom stereocenters. The van der Waals surface area contributed by atoms with E-state index in [1.807, 2.05) is 12.4 Å². The van der Waals surface area contributed by atoms with Crippen molar-refractivity contribution in [3.05, 3.63) is 47.5 Å². The second kappa shape index (κ2) is 7.57. The highest BCUT2D eigenvalue weighted by Crippen LogP contribution is 2.32. The molecule has 0 unspecified atom stereocenters. The summed E-state index contributed by atoms with van der Waals surface area (Å²) in [5.41, 5.74) is 1.69. The average molecular weight is 319 g/mol. The second-order valence-electron chi connectivity index (χ2n) is 5.81. The first-order valence-corrected chi connectivity index (χ1v) is 7.91. The third-order valence-electron chi connectivity index (χ3n) is 4.27. The molecule has 6 heteroatoms. The maximum atomic E-state index is 13.8. The standard InChI is InChI=1S/C17H22FN3O2/c1-22-15-4-5-16(18)13(7-15)9-19-8-12-3-2-6-23-17(12)14-10-20-21-11-14/h4-5,7,10-12,17,19H,2-3,6,8-9H2,1H3,(H,20,21)/t12-,17+/m0/s1. The quantitative estimate of drug-likeness (QED) is 0.859. The van der Waals surface area contributed by atoms with Crippen LogP contribution in [0.3, 0.4) is 0 Å². The van der Waals surface area contributed by atoms with Crippen LogP contribution in [0.25, 0.3) is 0 Å². The fourth-order valence-electron chi connectivity index (χ4n) is 3.04. The van der Waals surface area contributed by atoms with Crippen molar-refractivity contribution in [2.45, 2.75) is 25.5 Å². The Morgan fingerprint density at radius 1 is 1.48 bits per heavy atom. The number of hydrogen-bond donors (Lipinski definition) is 2. The molecule has 1 fully saturated rings. The SMILES string of the molecule is COc1ccc(F)c(CNC[C@@H]2CCCO[C@H]2c2cn[nH]c2)c1. The summed E-state index contributed by atoms with van der Waals surface area (Å²) in [5.74, 6) is 0.806. The van der Waals surface area contributed by atoms with Crippen molar-refractivity contribution in [3.63, 3.8) is 0 Å². The van der Waals surface area contributed by atoms with Gasteiger partial charge in [0.2, 0.25) is 0 Å².